The van der Waals surface area contributed by atoms with Crippen molar-refractivity contribution >= 4 is 46.8 Å². The van der Waals surface area contributed by atoms with Crippen LogP contribution in [0.1, 0.15) is 136 Å². The number of likely N-dealkylation sites (N-methyl/N-ethyl adjacent to an activating group) is 1. The van der Waals surface area contributed by atoms with Crippen molar-refractivity contribution in [3.05, 3.63) is 45.0 Å². The number of amides is 1. The van der Waals surface area contributed by atoms with Gasteiger partial charge in [-0.3, -0.25) is 19.2 Å². The minimum Gasteiger partial charge on any atom is -0.481 e. The normalized spacial score (nSPS) is 37.9. The van der Waals surface area contributed by atoms with Crippen LogP contribution < -0.4 is 0 Å². The lowest BCUT2D eigenvalue weighted by atomic mass is 9.33. The minimum atomic E-state index is -1.18. The maximum atomic E-state index is 14.4. The number of allylic oxidation sites excluding steroid dienone is 1. The number of Topliss-reactive ketones (excluding diaryl/α,β-unsaturated/α-hetero) is 1. The van der Waals surface area contributed by atoms with Crippen LogP contribution in [0, 0.1) is 55.7 Å². The molecule has 59 heavy (non-hydrogen) atoms. The summed E-state index contributed by atoms with van der Waals surface area (Å²) in [6.07, 6.45) is 7.34. The lowest BCUT2D eigenvalue weighted by Gasteiger charge is -2.71. The molecular weight excluding hydrogens is 787 g/mol. The zero-order valence-corrected chi connectivity index (χ0v) is 38.6. The van der Waals surface area contributed by atoms with Crippen molar-refractivity contribution in [1.29, 1.82) is 0 Å². The molecule has 6 aliphatic carbocycles. The molecule has 10 atom stereocenters. The van der Waals surface area contributed by atoms with Crippen LogP contribution in [0.5, 0.6) is 0 Å². The summed E-state index contributed by atoms with van der Waals surface area (Å²) in [6, 6.07) is 4.88. The Balaban J connectivity index is 1.18. The topological polar surface area (TPSA) is 124 Å². The van der Waals surface area contributed by atoms with E-state index in [9.17, 15) is 29.4 Å². The van der Waals surface area contributed by atoms with Gasteiger partial charge in [-0.2, -0.15) is 0 Å². The number of carboxylic acids is 1. The van der Waals surface area contributed by atoms with Crippen LogP contribution in [0.4, 0.5) is 0 Å². The number of carboxylic acid groups (broad SMARTS) is 1. The summed E-state index contributed by atoms with van der Waals surface area (Å²) in [5.74, 6) is -0.963. The number of aliphatic carboxylic acids is 1. The number of ketones is 1. The summed E-state index contributed by atoms with van der Waals surface area (Å²) in [4.78, 5) is 57.3. The van der Waals surface area contributed by atoms with Crippen molar-refractivity contribution in [2.75, 3.05) is 33.7 Å². The molecule has 0 bridgehead atoms. The van der Waals surface area contributed by atoms with Crippen LogP contribution in [0.25, 0.3) is 0 Å². The van der Waals surface area contributed by atoms with Gasteiger partial charge in [0.25, 0.3) is 5.91 Å². The van der Waals surface area contributed by atoms with E-state index in [0.29, 0.717) is 36.0 Å². The van der Waals surface area contributed by atoms with Gasteiger partial charge in [0.15, 0.2) is 5.78 Å². The first-order valence-electron chi connectivity index (χ1n) is 22.1. The van der Waals surface area contributed by atoms with Gasteiger partial charge < -0.3 is 24.7 Å². The van der Waals surface area contributed by atoms with E-state index in [4.69, 9.17) is 27.9 Å². The lowest BCUT2D eigenvalue weighted by Crippen LogP contribution is -2.65. The Morgan fingerprint density at radius 2 is 1.59 bits per heavy atom. The van der Waals surface area contributed by atoms with Gasteiger partial charge in [0.1, 0.15) is 6.10 Å². The fourth-order valence-electron chi connectivity index (χ4n) is 14.5. The summed E-state index contributed by atoms with van der Waals surface area (Å²) < 4.78 is 6.22. The third-order valence-corrected chi connectivity index (χ3v) is 18.7. The van der Waals surface area contributed by atoms with Gasteiger partial charge in [0, 0.05) is 41.9 Å². The highest BCUT2D eigenvalue weighted by molar-refractivity contribution is 6.36. The maximum absolute atomic E-state index is 14.4. The van der Waals surface area contributed by atoms with E-state index in [0.717, 1.165) is 56.9 Å². The van der Waals surface area contributed by atoms with Crippen LogP contribution in [0.2, 0.25) is 10.0 Å². The fourth-order valence-corrected chi connectivity index (χ4v) is 15.0. The van der Waals surface area contributed by atoms with E-state index >= 15 is 0 Å². The highest BCUT2D eigenvalue weighted by Crippen LogP contribution is 2.87. The maximum Gasteiger partial charge on any atom is 0.309 e. The first kappa shape index (κ1) is 44.6. The van der Waals surface area contributed by atoms with Gasteiger partial charge in [-0.25, -0.2) is 0 Å². The number of fused-ring (bicyclic) bond motifs is 6. The molecule has 0 aromatic heterocycles. The van der Waals surface area contributed by atoms with Gasteiger partial charge >= 0.3 is 11.9 Å². The Kier molecular flexibility index (Phi) is 11.2. The zero-order chi connectivity index (χ0) is 43.5. The third-order valence-electron chi connectivity index (χ3n) is 18.1. The molecule has 6 aliphatic rings. The standard InChI is InChI=1S/C48H68Cl2N2O7/c1-28(2)38-33(53)24-47(35(54)26-52(22-21-51(9)10)40(56)30-12-11-29(49)23-32(30)50)19-17-43(5)31(39(38)47)13-14-34-44(43,6)18-20-48-27-46(48,8)36(15-16-45(34,48)7)59-37(55)25-42(3,4)41(57)58/h11-12,23,28,31,34-36,54H,13-22,24-27H2,1-10H3,(H,57,58)/t31-,34+,35?,36+,43-,44-,45-,46?,47?,48+/m1/s1. The highest BCUT2D eigenvalue weighted by atomic mass is 35.5. The molecule has 1 amide bonds. The van der Waals surface area contributed by atoms with Crippen molar-refractivity contribution in [2.24, 2.45) is 55.7 Å². The number of carbonyl (C=O) groups excluding carboxylic acids is 3. The molecule has 0 heterocycles. The monoisotopic (exact) mass is 854 g/mol. The molecule has 7 rings (SSSR count). The van der Waals surface area contributed by atoms with E-state index in [2.05, 4.69) is 41.5 Å². The minimum absolute atomic E-state index is 0.0113. The second-order valence-corrected chi connectivity index (χ2v) is 22.8. The molecule has 1 aromatic rings. The van der Waals surface area contributed by atoms with Crippen molar-refractivity contribution in [3.63, 3.8) is 0 Å². The third kappa shape index (κ3) is 6.58. The number of esters is 1. The van der Waals surface area contributed by atoms with Crippen LogP contribution in [0.3, 0.4) is 0 Å². The van der Waals surface area contributed by atoms with Crippen molar-refractivity contribution < 1.29 is 34.1 Å². The molecule has 0 aliphatic heterocycles. The van der Waals surface area contributed by atoms with Gasteiger partial charge in [0.2, 0.25) is 0 Å². The van der Waals surface area contributed by atoms with Crippen molar-refractivity contribution in [3.8, 4) is 0 Å². The van der Waals surface area contributed by atoms with E-state index in [-0.39, 0.29) is 81.1 Å². The lowest BCUT2D eigenvalue weighted by molar-refractivity contribution is -0.220. The summed E-state index contributed by atoms with van der Waals surface area (Å²) in [6.45, 7) is 18.3. The van der Waals surface area contributed by atoms with Crippen molar-refractivity contribution in [1.82, 2.24) is 9.80 Å². The fraction of sp³-hybridized carbons (Fsp3) is 0.750. The molecule has 0 radical (unpaired) electrons. The van der Waals surface area contributed by atoms with E-state index in [1.165, 1.54) is 5.57 Å². The predicted octanol–water partition coefficient (Wildman–Crippen LogP) is 9.51. The number of aliphatic hydroxyl groups excluding tert-OH is 1. The number of rotatable bonds is 12. The van der Waals surface area contributed by atoms with Crippen LogP contribution in [0.15, 0.2) is 29.3 Å². The van der Waals surface area contributed by atoms with Crippen LogP contribution >= 0.6 is 23.2 Å². The average Bonchev–Trinajstić information content (AvgIpc) is 3.66. The smallest absolute Gasteiger partial charge is 0.309 e. The predicted molar refractivity (Wildman–Crippen MR) is 230 cm³/mol. The number of aliphatic hydroxyl groups is 1. The second kappa shape index (κ2) is 14.8. The largest absolute Gasteiger partial charge is 0.481 e. The van der Waals surface area contributed by atoms with Gasteiger partial charge in [0.05, 0.1) is 28.5 Å². The molecule has 1 spiro atoms. The average molecular weight is 856 g/mol. The summed E-state index contributed by atoms with van der Waals surface area (Å²) in [7, 11) is 3.92. The first-order chi connectivity index (χ1) is 27.3. The van der Waals surface area contributed by atoms with E-state index < -0.39 is 28.9 Å². The molecule has 5 fully saturated rings. The zero-order valence-electron chi connectivity index (χ0n) is 37.1. The van der Waals surface area contributed by atoms with Crippen molar-refractivity contribution in [2.45, 2.75) is 138 Å². The number of ether oxygens (including phenoxy) is 1. The molecule has 9 nitrogen and oxygen atoms in total. The quantitative estimate of drug-likeness (QED) is 0.199. The Bertz CT molecular complexity index is 1960. The Labute approximate surface area is 362 Å². The Hall–Kier alpha value is -2.46. The summed E-state index contributed by atoms with van der Waals surface area (Å²) in [5.41, 5.74) is 0.282. The molecule has 2 N–H and O–H groups in total. The number of halogens is 2. The second-order valence-electron chi connectivity index (χ2n) is 21.9. The molecule has 3 unspecified atom stereocenters. The molecule has 11 heteroatoms. The van der Waals surface area contributed by atoms with Crippen LogP contribution in [-0.4, -0.2) is 89.6 Å². The first-order valence-corrected chi connectivity index (χ1v) is 22.9. The van der Waals surface area contributed by atoms with Crippen LogP contribution in [-0.2, 0) is 19.1 Å². The van der Waals surface area contributed by atoms with Gasteiger partial charge in [-0.1, -0.05) is 70.3 Å². The molecular formula is C48H68Cl2N2O7. The van der Waals surface area contributed by atoms with Gasteiger partial charge in [-0.15, -0.1) is 0 Å². The number of carbonyl (C=O) groups is 4. The highest BCUT2D eigenvalue weighted by Gasteiger charge is 2.82. The van der Waals surface area contributed by atoms with E-state index in [1.54, 1.807) is 36.9 Å². The molecule has 5 saturated carbocycles. The molecule has 1 aromatic carbocycles. The number of benzene rings is 1. The molecule has 326 valence electrons. The SMILES string of the molecule is CC(C)C1=C2[C@H]3CC[C@@H]4[C@@]5(C)CC[C@H](OC(=O)CC(C)(C)C(=O)O)C6(C)C[C@]65CC[C@@]4(C)[C@]3(C)CCC2(C(O)CN(CCN(C)C)C(=O)c2ccc(Cl)cc2Cl)CC1=O. The number of nitrogens with zero attached hydrogens (tertiary/aromatic N) is 2. The Morgan fingerprint density at radius 3 is 2.22 bits per heavy atom. The van der Waals surface area contributed by atoms with Gasteiger partial charge in [-0.05, 0) is 149 Å². The summed E-state index contributed by atoms with van der Waals surface area (Å²) in [5, 5.41) is 23.1. The Morgan fingerprint density at radius 1 is 0.915 bits per heavy atom. The van der Waals surface area contributed by atoms with E-state index in [1.807, 2.05) is 19.0 Å². The summed E-state index contributed by atoms with van der Waals surface area (Å²) >= 11 is 12.8. The molecule has 0 saturated heterocycles. The number of hydrogen-bond donors (Lipinski definition) is 2. The number of hydrogen-bond acceptors (Lipinski definition) is 7.